The average molecular weight is 251 g/mol. The fourth-order valence-electron chi connectivity index (χ4n) is 2.35. The zero-order chi connectivity index (χ0) is 13.3. The second-order valence-corrected chi connectivity index (χ2v) is 4.79. The Morgan fingerprint density at radius 1 is 1.56 bits per heavy atom. The zero-order valence-electron chi connectivity index (χ0n) is 10.6. The molecule has 6 nitrogen and oxygen atoms in total. The summed E-state index contributed by atoms with van der Waals surface area (Å²) in [5, 5.41) is 13.3. The number of aliphatic carboxylic acids is 1. The Kier molecular flexibility index (Phi) is 3.11. The van der Waals surface area contributed by atoms with E-state index >= 15 is 0 Å². The van der Waals surface area contributed by atoms with Gasteiger partial charge in [0.25, 0.3) is 5.91 Å². The van der Waals surface area contributed by atoms with Gasteiger partial charge in [0.2, 0.25) is 0 Å². The zero-order valence-corrected chi connectivity index (χ0v) is 10.6. The average Bonchev–Trinajstić information content (AvgIpc) is 2.95. The normalized spacial score (nSPS) is 23.3. The number of rotatable bonds is 3. The highest BCUT2D eigenvalue weighted by Gasteiger charge is 2.45. The molecule has 1 aromatic heterocycles. The number of hydrogen-bond acceptors (Lipinski definition) is 3. The molecule has 0 aromatic carbocycles. The number of carbonyl (C=O) groups excluding carboxylic acids is 1. The smallest absolute Gasteiger partial charge is 0.311 e. The summed E-state index contributed by atoms with van der Waals surface area (Å²) in [6.07, 6.45) is 2.75. The van der Waals surface area contributed by atoms with Crippen LogP contribution in [0.3, 0.4) is 0 Å². The summed E-state index contributed by atoms with van der Waals surface area (Å²) < 4.78 is 1.56. The van der Waals surface area contributed by atoms with Crippen LogP contribution >= 0.6 is 0 Å². The molecule has 1 aliphatic heterocycles. The van der Waals surface area contributed by atoms with E-state index < -0.39 is 11.4 Å². The van der Waals surface area contributed by atoms with Crippen LogP contribution in [-0.2, 0) is 11.8 Å². The van der Waals surface area contributed by atoms with Gasteiger partial charge in [0.05, 0.1) is 5.41 Å². The highest BCUT2D eigenvalue weighted by Crippen LogP contribution is 2.34. The van der Waals surface area contributed by atoms with E-state index in [0.29, 0.717) is 25.1 Å². The van der Waals surface area contributed by atoms with E-state index in [0.717, 1.165) is 0 Å². The van der Waals surface area contributed by atoms with Crippen molar-refractivity contribution in [3.8, 4) is 0 Å². The number of carbonyl (C=O) groups is 2. The van der Waals surface area contributed by atoms with Crippen molar-refractivity contribution >= 4 is 11.9 Å². The molecule has 0 aliphatic carbocycles. The summed E-state index contributed by atoms with van der Waals surface area (Å²) in [5.41, 5.74) is -0.417. The first kappa shape index (κ1) is 12.6. The van der Waals surface area contributed by atoms with E-state index in [9.17, 15) is 14.7 Å². The Labute approximate surface area is 105 Å². The SMILES string of the molecule is CCC1(C(=O)O)CCN(C(=O)c2ccn(C)n2)C1. The molecule has 1 atom stereocenters. The summed E-state index contributed by atoms with van der Waals surface area (Å²) in [6, 6.07) is 1.65. The third-order valence-corrected chi connectivity index (χ3v) is 3.70. The second-order valence-electron chi connectivity index (χ2n) is 4.79. The Hall–Kier alpha value is -1.85. The van der Waals surface area contributed by atoms with Crippen molar-refractivity contribution in [2.24, 2.45) is 12.5 Å². The van der Waals surface area contributed by atoms with Gasteiger partial charge in [-0.15, -0.1) is 0 Å². The Morgan fingerprint density at radius 3 is 2.72 bits per heavy atom. The molecular weight excluding hydrogens is 234 g/mol. The van der Waals surface area contributed by atoms with Gasteiger partial charge in [-0.1, -0.05) is 6.92 Å². The van der Waals surface area contributed by atoms with Crippen LogP contribution in [0.4, 0.5) is 0 Å². The molecular formula is C12H17N3O3. The van der Waals surface area contributed by atoms with Crippen molar-refractivity contribution in [3.63, 3.8) is 0 Å². The molecule has 1 fully saturated rings. The number of hydrogen-bond donors (Lipinski definition) is 1. The molecule has 2 heterocycles. The maximum absolute atomic E-state index is 12.1. The fraction of sp³-hybridized carbons (Fsp3) is 0.583. The maximum atomic E-state index is 12.1. The Bertz CT molecular complexity index is 483. The molecule has 98 valence electrons. The molecule has 1 unspecified atom stereocenters. The van der Waals surface area contributed by atoms with Gasteiger partial charge in [-0.3, -0.25) is 14.3 Å². The summed E-state index contributed by atoms with van der Waals surface area (Å²) in [6.45, 7) is 2.60. The number of carboxylic acid groups (broad SMARTS) is 1. The molecule has 18 heavy (non-hydrogen) atoms. The summed E-state index contributed by atoms with van der Waals surface area (Å²) >= 11 is 0. The quantitative estimate of drug-likeness (QED) is 0.860. The molecule has 1 amide bonds. The van der Waals surface area contributed by atoms with Crippen LogP contribution in [0, 0.1) is 5.41 Å². The van der Waals surface area contributed by atoms with E-state index in [1.54, 1.807) is 28.9 Å². The van der Waals surface area contributed by atoms with Crippen LogP contribution in [0.2, 0.25) is 0 Å². The van der Waals surface area contributed by atoms with Crippen LogP contribution < -0.4 is 0 Å². The maximum Gasteiger partial charge on any atom is 0.311 e. The molecule has 1 N–H and O–H groups in total. The van der Waals surface area contributed by atoms with E-state index in [-0.39, 0.29) is 12.5 Å². The number of aryl methyl sites for hydroxylation is 1. The summed E-state index contributed by atoms with van der Waals surface area (Å²) in [5.74, 6) is -1.01. The predicted octanol–water partition coefficient (Wildman–Crippen LogP) is 0.747. The number of amides is 1. The van der Waals surface area contributed by atoms with Gasteiger partial charge in [0, 0.05) is 26.3 Å². The molecule has 0 bridgehead atoms. The van der Waals surface area contributed by atoms with Crippen molar-refractivity contribution in [2.75, 3.05) is 13.1 Å². The lowest BCUT2D eigenvalue weighted by Gasteiger charge is -2.22. The van der Waals surface area contributed by atoms with Crippen LogP contribution in [0.1, 0.15) is 30.3 Å². The second kappa shape index (κ2) is 4.44. The van der Waals surface area contributed by atoms with Gasteiger partial charge < -0.3 is 10.0 Å². The highest BCUT2D eigenvalue weighted by molar-refractivity contribution is 5.93. The molecule has 0 saturated carbocycles. The first-order valence-corrected chi connectivity index (χ1v) is 6.01. The van der Waals surface area contributed by atoms with Crippen LogP contribution in [0.15, 0.2) is 12.3 Å². The molecule has 6 heteroatoms. The Morgan fingerprint density at radius 2 is 2.28 bits per heavy atom. The third-order valence-electron chi connectivity index (χ3n) is 3.70. The molecule has 1 aliphatic rings. The number of likely N-dealkylation sites (tertiary alicyclic amines) is 1. The molecule has 0 radical (unpaired) electrons. The molecule has 0 spiro atoms. The molecule has 1 aromatic rings. The van der Waals surface area contributed by atoms with Crippen molar-refractivity contribution in [1.82, 2.24) is 14.7 Å². The third kappa shape index (κ3) is 1.98. The summed E-state index contributed by atoms with van der Waals surface area (Å²) in [4.78, 5) is 25.0. The van der Waals surface area contributed by atoms with Crippen LogP contribution in [-0.4, -0.2) is 44.8 Å². The largest absolute Gasteiger partial charge is 0.481 e. The lowest BCUT2D eigenvalue weighted by atomic mass is 9.84. The van der Waals surface area contributed by atoms with E-state index in [1.807, 2.05) is 6.92 Å². The lowest BCUT2D eigenvalue weighted by molar-refractivity contribution is -0.148. The number of nitrogens with zero attached hydrogens (tertiary/aromatic N) is 3. The van der Waals surface area contributed by atoms with E-state index in [2.05, 4.69) is 5.10 Å². The van der Waals surface area contributed by atoms with Crippen LogP contribution in [0.5, 0.6) is 0 Å². The van der Waals surface area contributed by atoms with Crippen molar-refractivity contribution in [1.29, 1.82) is 0 Å². The number of aromatic nitrogens is 2. The molecule has 2 rings (SSSR count). The van der Waals surface area contributed by atoms with Gasteiger partial charge in [0.1, 0.15) is 5.69 Å². The summed E-state index contributed by atoms with van der Waals surface area (Å²) in [7, 11) is 1.74. The lowest BCUT2D eigenvalue weighted by Crippen LogP contribution is -2.36. The van der Waals surface area contributed by atoms with Gasteiger partial charge in [-0.05, 0) is 18.9 Å². The van der Waals surface area contributed by atoms with Crippen molar-refractivity contribution < 1.29 is 14.7 Å². The van der Waals surface area contributed by atoms with Gasteiger partial charge in [-0.2, -0.15) is 5.10 Å². The van der Waals surface area contributed by atoms with Gasteiger partial charge in [-0.25, -0.2) is 0 Å². The van der Waals surface area contributed by atoms with Gasteiger partial charge in [0.15, 0.2) is 0 Å². The van der Waals surface area contributed by atoms with Crippen molar-refractivity contribution in [3.05, 3.63) is 18.0 Å². The topological polar surface area (TPSA) is 75.4 Å². The van der Waals surface area contributed by atoms with Crippen molar-refractivity contribution in [2.45, 2.75) is 19.8 Å². The highest BCUT2D eigenvalue weighted by atomic mass is 16.4. The van der Waals surface area contributed by atoms with E-state index in [1.165, 1.54) is 0 Å². The standard InChI is InChI=1S/C12H17N3O3/c1-3-12(11(17)18)5-7-15(8-12)10(16)9-4-6-14(2)13-9/h4,6H,3,5,7-8H2,1-2H3,(H,17,18). The first-order chi connectivity index (χ1) is 8.48. The first-order valence-electron chi connectivity index (χ1n) is 6.01. The predicted molar refractivity (Wildman–Crippen MR) is 64.1 cm³/mol. The van der Waals surface area contributed by atoms with Crippen LogP contribution in [0.25, 0.3) is 0 Å². The monoisotopic (exact) mass is 251 g/mol. The number of carboxylic acids is 1. The van der Waals surface area contributed by atoms with E-state index in [4.69, 9.17) is 0 Å². The minimum Gasteiger partial charge on any atom is -0.481 e. The Balaban J connectivity index is 2.13. The fourth-order valence-corrected chi connectivity index (χ4v) is 2.35. The minimum atomic E-state index is -0.818. The minimum absolute atomic E-state index is 0.188. The van der Waals surface area contributed by atoms with Gasteiger partial charge >= 0.3 is 5.97 Å². The molecule has 1 saturated heterocycles.